The van der Waals surface area contributed by atoms with Crippen molar-refractivity contribution < 1.29 is 9.53 Å². The Morgan fingerprint density at radius 1 is 0.964 bits per heavy atom. The number of ether oxygens (including phenoxy) is 1. The number of hydrogen-bond donors (Lipinski definition) is 1. The van der Waals surface area contributed by atoms with Gasteiger partial charge in [-0.1, -0.05) is 18.2 Å². The van der Waals surface area contributed by atoms with E-state index in [0.717, 1.165) is 27.9 Å². The van der Waals surface area contributed by atoms with E-state index in [1.807, 2.05) is 48.5 Å². The lowest BCUT2D eigenvalue weighted by molar-refractivity contribution is 0.0946. The van der Waals surface area contributed by atoms with Gasteiger partial charge in [0.1, 0.15) is 18.1 Å². The van der Waals surface area contributed by atoms with Crippen LogP contribution in [0.2, 0.25) is 0 Å². The Morgan fingerprint density at radius 2 is 1.86 bits per heavy atom. The molecule has 0 saturated heterocycles. The largest absolute Gasteiger partial charge is 0.487 e. The highest BCUT2D eigenvalue weighted by atomic mass is 16.5. The molecule has 1 aromatic carbocycles. The maximum Gasteiger partial charge on any atom is 0.270 e. The maximum atomic E-state index is 12.4. The van der Waals surface area contributed by atoms with E-state index in [-0.39, 0.29) is 5.91 Å². The molecular formula is C22H18N4O2. The average molecular weight is 370 g/mol. The van der Waals surface area contributed by atoms with E-state index in [0.29, 0.717) is 18.8 Å². The van der Waals surface area contributed by atoms with Gasteiger partial charge in [0.05, 0.1) is 11.2 Å². The number of rotatable bonds is 6. The van der Waals surface area contributed by atoms with Crippen molar-refractivity contribution in [3.05, 3.63) is 96.2 Å². The molecule has 4 aromatic rings. The van der Waals surface area contributed by atoms with Gasteiger partial charge in [0, 0.05) is 30.5 Å². The first-order valence-electron chi connectivity index (χ1n) is 8.88. The highest BCUT2D eigenvalue weighted by Crippen LogP contribution is 2.14. The number of nitrogens with one attached hydrogen (secondary N) is 1. The Hall–Kier alpha value is -3.80. The van der Waals surface area contributed by atoms with Crippen molar-refractivity contribution >= 4 is 16.8 Å². The van der Waals surface area contributed by atoms with Gasteiger partial charge >= 0.3 is 0 Å². The second-order valence-corrected chi connectivity index (χ2v) is 6.20. The molecule has 0 saturated carbocycles. The Bertz CT molecular complexity index is 1080. The van der Waals surface area contributed by atoms with Crippen LogP contribution in [0.5, 0.6) is 5.75 Å². The Kier molecular flexibility index (Phi) is 5.20. The maximum absolute atomic E-state index is 12.4. The molecule has 0 bridgehead atoms. The van der Waals surface area contributed by atoms with Gasteiger partial charge in [-0.2, -0.15) is 0 Å². The van der Waals surface area contributed by atoms with Crippen molar-refractivity contribution in [3.8, 4) is 5.75 Å². The summed E-state index contributed by atoms with van der Waals surface area (Å²) in [4.78, 5) is 25.0. The van der Waals surface area contributed by atoms with Crippen molar-refractivity contribution in [3.63, 3.8) is 0 Å². The smallest absolute Gasteiger partial charge is 0.270 e. The molecule has 6 heteroatoms. The molecule has 3 aromatic heterocycles. The molecule has 138 valence electrons. The number of carbonyl (C=O) groups is 1. The van der Waals surface area contributed by atoms with Gasteiger partial charge in [-0.3, -0.25) is 14.8 Å². The normalized spacial score (nSPS) is 10.6. The first-order chi connectivity index (χ1) is 13.8. The fourth-order valence-electron chi connectivity index (χ4n) is 2.71. The molecule has 6 nitrogen and oxygen atoms in total. The van der Waals surface area contributed by atoms with Crippen LogP contribution in [0.4, 0.5) is 0 Å². The zero-order valence-corrected chi connectivity index (χ0v) is 15.1. The molecule has 28 heavy (non-hydrogen) atoms. The molecule has 3 heterocycles. The van der Waals surface area contributed by atoms with Crippen LogP contribution in [0.3, 0.4) is 0 Å². The molecule has 0 atom stereocenters. The average Bonchev–Trinajstić information content (AvgIpc) is 2.77. The molecule has 0 fully saturated rings. The third kappa shape index (κ3) is 4.29. The molecule has 0 aliphatic carbocycles. The Morgan fingerprint density at radius 3 is 2.68 bits per heavy atom. The minimum atomic E-state index is -0.214. The summed E-state index contributed by atoms with van der Waals surface area (Å²) in [6.07, 6.45) is 5.13. The van der Waals surface area contributed by atoms with Crippen molar-refractivity contribution in [2.75, 3.05) is 0 Å². The summed E-state index contributed by atoms with van der Waals surface area (Å²) in [5.74, 6) is 0.541. The summed E-state index contributed by atoms with van der Waals surface area (Å²) in [7, 11) is 0. The van der Waals surface area contributed by atoms with Crippen LogP contribution in [0, 0.1) is 0 Å². The summed E-state index contributed by atoms with van der Waals surface area (Å²) in [5, 5.41) is 3.79. The van der Waals surface area contributed by atoms with Gasteiger partial charge in [-0.15, -0.1) is 0 Å². The fraction of sp³-hybridized carbons (Fsp3) is 0.0909. The minimum Gasteiger partial charge on any atom is -0.487 e. The van der Waals surface area contributed by atoms with Crippen molar-refractivity contribution in [1.82, 2.24) is 20.3 Å². The minimum absolute atomic E-state index is 0.214. The fourth-order valence-corrected chi connectivity index (χ4v) is 2.71. The van der Waals surface area contributed by atoms with Crippen LogP contribution in [-0.2, 0) is 13.2 Å². The van der Waals surface area contributed by atoms with E-state index in [4.69, 9.17) is 4.74 Å². The van der Waals surface area contributed by atoms with Crippen LogP contribution >= 0.6 is 0 Å². The van der Waals surface area contributed by atoms with Crippen LogP contribution in [-0.4, -0.2) is 20.9 Å². The van der Waals surface area contributed by atoms with E-state index in [1.54, 1.807) is 30.7 Å². The highest BCUT2D eigenvalue weighted by Gasteiger charge is 2.08. The number of fused-ring (bicyclic) bond motifs is 1. The van der Waals surface area contributed by atoms with Crippen molar-refractivity contribution in [2.45, 2.75) is 13.2 Å². The van der Waals surface area contributed by atoms with Crippen LogP contribution in [0.15, 0.2) is 79.3 Å². The molecule has 0 unspecified atom stereocenters. The summed E-state index contributed by atoms with van der Waals surface area (Å²) in [6, 6.07) is 18.7. The molecule has 1 amide bonds. The molecule has 0 radical (unpaired) electrons. The van der Waals surface area contributed by atoms with Gasteiger partial charge in [0.25, 0.3) is 5.91 Å². The van der Waals surface area contributed by atoms with Gasteiger partial charge in [-0.25, -0.2) is 4.98 Å². The predicted octanol–water partition coefficient (Wildman–Crippen LogP) is 3.53. The van der Waals surface area contributed by atoms with Gasteiger partial charge in [-0.05, 0) is 48.0 Å². The first-order valence-corrected chi connectivity index (χ1v) is 8.88. The third-order valence-corrected chi connectivity index (χ3v) is 4.21. The molecule has 1 N–H and O–H groups in total. The van der Waals surface area contributed by atoms with Gasteiger partial charge in [0.2, 0.25) is 0 Å². The monoisotopic (exact) mass is 370 g/mol. The third-order valence-electron chi connectivity index (χ3n) is 4.21. The lowest BCUT2D eigenvalue weighted by Gasteiger charge is -2.08. The van der Waals surface area contributed by atoms with Crippen LogP contribution in [0.25, 0.3) is 10.9 Å². The quantitative estimate of drug-likeness (QED) is 0.562. The highest BCUT2D eigenvalue weighted by molar-refractivity contribution is 5.94. The second kappa shape index (κ2) is 8.26. The number of pyridine rings is 3. The molecule has 4 rings (SSSR count). The summed E-state index contributed by atoms with van der Waals surface area (Å²) < 4.78 is 5.72. The van der Waals surface area contributed by atoms with Crippen molar-refractivity contribution in [1.29, 1.82) is 0 Å². The van der Waals surface area contributed by atoms with Crippen LogP contribution in [0.1, 0.15) is 21.7 Å². The Labute approximate surface area is 162 Å². The SMILES string of the molecule is O=C(NCc1ccc(OCc2ccccn2)cc1)c1ccc2cnccc2n1. The van der Waals surface area contributed by atoms with E-state index in [1.165, 1.54) is 0 Å². The van der Waals surface area contributed by atoms with E-state index >= 15 is 0 Å². The lowest BCUT2D eigenvalue weighted by Crippen LogP contribution is -2.23. The van der Waals surface area contributed by atoms with E-state index < -0.39 is 0 Å². The number of carbonyl (C=O) groups excluding carboxylic acids is 1. The van der Waals surface area contributed by atoms with Gasteiger partial charge in [0.15, 0.2) is 0 Å². The van der Waals surface area contributed by atoms with Crippen LogP contribution < -0.4 is 10.1 Å². The summed E-state index contributed by atoms with van der Waals surface area (Å²) in [6.45, 7) is 0.829. The second-order valence-electron chi connectivity index (χ2n) is 6.20. The zero-order chi connectivity index (χ0) is 19.2. The predicted molar refractivity (Wildman–Crippen MR) is 106 cm³/mol. The number of amides is 1. The number of aromatic nitrogens is 3. The standard InChI is InChI=1S/C22H18N4O2/c27-22(21-9-6-17-14-23-12-10-20(17)26-21)25-13-16-4-7-19(8-5-16)28-15-18-3-1-2-11-24-18/h1-12,14H,13,15H2,(H,25,27). The number of hydrogen-bond acceptors (Lipinski definition) is 5. The number of benzene rings is 1. The molecular weight excluding hydrogens is 352 g/mol. The Balaban J connectivity index is 1.33. The number of nitrogens with zero attached hydrogens (tertiary/aromatic N) is 3. The van der Waals surface area contributed by atoms with E-state index in [9.17, 15) is 4.79 Å². The first kappa shape index (κ1) is 17.6. The van der Waals surface area contributed by atoms with E-state index in [2.05, 4.69) is 20.3 Å². The molecule has 0 aliphatic heterocycles. The topological polar surface area (TPSA) is 77.0 Å². The zero-order valence-electron chi connectivity index (χ0n) is 15.1. The molecule has 0 spiro atoms. The van der Waals surface area contributed by atoms with Crippen molar-refractivity contribution in [2.24, 2.45) is 0 Å². The molecule has 0 aliphatic rings. The summed E-state index contributed by atoms with van der Waals surface area (Å²) >= 11 is 0. The lowest BCUT2D eigenvalue weighted by atomic mass is 10.2. The summed E-state index contributed by atoms with van der Waals surface area (Å²) in [5.41, 5.74) is 2.98. The van der Waals surface area contributed by atoms with Gasteiger partial charge < -0.3 is 10.1 Å².